The molecule has 0 unspecified atom stereocenters. The third kappa shape index (κ3) is 6.01. The number of carbonyl (C=O) groups excluding carboxylic acids is 1. The Bertz CT molecular complexity index is 1190. The molecule has 0 fully saturated rings. The van der Waals surface area contributed by atoms with Crippen LogP contribution in [0.15, 0.2) is 66.2 Å². The molecule has 0 atom stereocenters. The van der Waals surface area contributed by atoms with Crippen molar-refractivity contribution in [3.63, 3.8) is 0 Å². The van der Waals surface area contributed by atoms with E-state index in [1.54, 1.807) is 37.4 Å². The molecule has 156 valence electrons. The molecule has 4 nitrogen and oxygen atoms in total. The zero-order valence-electron chi connectivity index (χ0n) is 16.5. The van der Waals surface area contributed by atoms with Gasteiger partial charge in [0.05, 0.1) is 7.11 Å². The molecule has 0 spiro atoms. The highest BCUT2D eigenvalue weighted by Gasteiger charge is 2.14. The first kappa shape index (κ1) is 23.1. The van der Waals surface area contributed by atoms with Crippen molar-refractivity contribution in [2.24, 2.45) is 0 Å². The minimum Gasteiger partial charge on any atom is -0.496 e. The Kier molecular flexibility index (Phi) is 7.97. The van der Waals surface area contributed by atoms with Crippen LogP contribution in [0.1, 0.15) is 16.7 Å². The van der Waals surface area contributed by atoms with E-state index in [0.717, 1.165) is 14.7 Å². The maximum Gasteiger partial charge on any atom is 0.266 e. The Morgan fingerprint density at radius 3 is 2.52 bits per heavy atom. The predicted molar refractivity (Wildman–Crippen MR) is 134 cm³/mol. The molecule has 0 aromatic heterocycles. The molecule has 0 saturated carbocycles. The number of benzene rings is 3. The smallest absolute Gasteiger partial charge is 0.266 e. The van der Waals surface area contributed by atoms with Gasteiger partial charge in [0.15, 0.2) is 0 Å². The van der Waals surface area contributed by atoms with Gasteiger partial charge in [-0.25, -0.2) is 0 Å². The lowest BCUT2D eigenvalue weighted by atomic mass is 10.0. The van der Waals surface area contributed by atoms with E-state index in [9.17, 15) is 10.1 Å². The molecule has 0 aliphatic carbocycles. The highest BCUT2D eigenvalue weighted by atomic mass is 127. The van der Waals surface area contributed by atoms with Crippen molar-refractivity contribution in [3.8, 4) is 11.8 Å². The fourth-order valence-electron chi connectivity index (χ4n) is 2.95. The summed E-state index contributed by atoms with van der Waals surface area (Å²) in [6.45, 7) is 0. The van der Waals surface area contributed by atoms with E-state index < -0.39 is 5.91 Å². The van der Waals surface area contributed by atoms with Gasteiger partial charge in [-0.2, -0.15) is 5.26 Å². The summed E-state index contributed by atoms with van der Waals surface area (Å²) < 4.78 is 6.53. The number of methoxy groups -OCH3 is 1. The van der Waals surface area contributed by atoms with Crippen molar-refractivity contribution in [1.82, 2.24) is 0 Å². The topological polar surface area (TPSA) is 62.1 Å². The van der Waals surface area contributed by atoms with Crippen LogP contribution in [0.3, 0.4) is 0 Å². The molecule has 1 amide bonds. The van der Waals surface area contributed by atoms with Crippen LogP contribution < -0.4 is 10.1 Å². The van der Waals surface area contributed by atoms with E-state index in [2.05, 4.69) is 27.9 Å². The molecule has 0 aliphatic rings. The van der Waals surface area contributed by atoms with Crippen molar-refractivity contribution in [2.45, 2.75) is 6.42 Å². The number of nitrogens with zero attached hydrogens (tertiary/aromatic N) is 1. The van der Waals surface area contributed by atoms with Crippen LogP contribution in [0.25, 0.3) is 6.08 Å². The SMILES string of the molecule is COc1cc(/C=C(\C#N)C(=O)Nc2ccc(Cl)cc2)cc(I)c1Cc1ccccc1Cl. The minimum absolute atomic E-state index is 0.0216. The van der Waals surface area contributed by atoms with Gasteiger partial charge >= 0.3 is 0 Å². The van der Waals surface area contributed by atoms with Gasteiger partial charge in [-0.05, 0) is 82.3 Å². The molecule has 31 heavy (non-hydrogen) atoms. The van der Waals surface area contributed by atoms with Crippen LogP contribution >= 0.6 is 45.8 Å². The van der Waals surface area contributed by atoms with E-state index in [1.807, 2.05) is 36.4 Å². The van der Waals surface area contributed by atoms with Crippen molar-refractivity contribution < 1.29 is 9.53 Å². The van der Waals surface area contributed by atoms with Gasteiger partial charge in [0.25, 0.3) is 5.91 Å². The van der Waals surface area contributed by atoms with E-state index in [0.29, 0.717) is 33.5 Å². The number of hydrogen-bond donors (Lipinski definition) is 1. The van der Waals surface area contributed by atoms with Crippen LogP contribution in [0.5, 0.6) is 5.75 Å². The molecule has 3 rings (SSSR count). The van der Waals surface area contributed by atoms with Crippen molar-refractivity contribution in [3.05, 3.63) is 96.5 Å². The average molecular weight is 563 g/mol. The standard InChI is InChI=1S/C24H17Cl2IN2O2/c1-31-23-12-15(11-22(27)20(23)13-16-4-2-3-5-21(16)26)10-17(14-28)24(30)29-19-8-6-18(25)7-9-19/h2-12H,13H2,1H3,(H,29,30)/b17-10+. The summed E-state index contributed by atoms with van der Waals surface area (Å²) in [5.74, 6) is 0.160. The molecule has 3 aromatic rings. The summed E-state index contributed by atoms with van der Waals surface area (Å²) in [4.78, 5) is 12.5. The van der Waals surface area contributed by atoms with E-state index >= 15 is 0 Å². The molecule has 1 N–H and O–H groups in total. The second kappa shape index (κ2) is 10.7. The lowest BCUT2D eigenvalue weighted by Gasteiger charge is -2.13. The molecular weight excluding hydrogens is 546 g/mol. The lowest BCUT2D eigenvalue weighted by Crippen LogP contribution is -2.13. The largest absolute Gasteiger partial charge is 0.496 e. The van der Waals surface area contributed by atoms with E-state index in [1.165, 1.54) is 6.08 Å². The van der Waals surface area contributed by atoms with Gasteiger partial charge in [-0.15, -0.1) is 0 Å². The summed E-state index contributed by atoms with van der Waals surface area (Å²) in [5.41, 5.74) is 3.19. The second-order valence-corrected chi connectivity index (χ2v) is 8.59. The van der Waals surface area contributed by atoms with E-state index in [-0.39, 0.29) is 5.57 Å². The second-order valence-electron chi connectivity index (χ2n) is 6.58. The van der Waals surface area contributed by atoms with Crippen LogP contribution in [0, 0.1) is 14.9 Å². The number of nitrogens with one attached hydrogen (secondary N) is 1. The Balaban J connectivity index is 1.89. The van der Waals surface area contributed by atoms with Crippen LogP contribution in [0.2, 0.25) is 10.0 Å². The maximum absolute atomic E-state index is 12.5. The third-order valence-electron chi connectivity index (χ3n) is 4.50. The van der Waals surface area contributed by atoms with Crippen molar-refractivity contribution in [2.75, 3.05) is 12.4 Å². The summed E-state index contributed by atoms with van der Waals surface area (Å²) >= 11 is 14.4. The van der Waals surface area contributed by atoms with Gasteiger partial charge in [-0.3, -0.25) is 4.79 Å². The average Bonchev–Trinajstić information content (AvgIpc) is 2.76. The predicted octanol–water partition coefficient (Wildman–Crippen LogP) is 6.74. The maximum atomic E-state index is 12.5. The van der Waals surface area contributed by atoms with Crippen molar-refractivity contribution >= 4 is 63.5 Å². The van der Waals surface area contributed by atoms with Gasteiger partial charge in [0.1, 0.15) is 17.4 Å². The Hall–Kier alpha value is -2.53. The molecule has 0 bridgehead atoms. The Morgan fingerprint density at radius 2 is 1.87 bits per heavy atom. The highest BCUT2D eigenvalue weighted by Crippen LogP contribution is 2.31. The lowest BCUT2D eigenvalue weighted by molar-refractivity contribution is -0.112. The molecule has 0 aliphatic heterocycles. The first-order chi connectivity index (χ1) is 14.9. The summed E-state index contributed by atoms with van der Waals surface area (Å²) in [6, 6.07) is 20.0. The number of rotatable bonds is 6. The van der Waals surface area contributed by atoms with Gasteiger partial charge < -0.3 is 10.1 Å². The van der Waals surface area contributed by atoms with Crippen molar-refractivity contribution in [1.29, 1.82) is 5.26 Å². The zero-order chi connectivity index (χ0) is 22.4. The number of ether oxygens (including phenoxy) is 1. The van der Waals surface area contributed by atoms with Crippen LogP contribution in [-0.4, -0.2) is 13.0 Å². The first-order valence-electron chi connectivity index (χ1n) is 9.19. The molecule has 0 heterocycles. The number of halogens is 3. The normalized spacial score (nSPS) is 11.0. The Morgan fingerprint density at radius 1 is 1.16 bits per heavy atom. The summed E-state index contributed by atoms with van der Waals surface area (Å²) in [6.07, 6.45) is 2.14. The molecular formula is C24H17Cl2IN2O2. The number of amides is 1. The number of carbonyl (C=O) groups is 1. The van der Waals surface area contributed by atoms with Gasteiger partial charge in [0.2, 0.25) is 0 Å². The Labute approximate surface area is 204 Å². The van der Waals surface area contributed by atoms with Crippen LogP contribution in [0.4, 0.5) is 5.69 Å². The summed E-state index contributed by atoms with van der Waals surface area (Å²) in [5, 5.41) is 13.5. The number of anilines is 1. The molecule has 3 aromatic carbocycles. The van der Waals surface area contributed by atoms with Gasteiger partial charge in [-0.1, -0.05) is 41.4 Å². The molecule has 0 saturated heterocycles. The fraction of sp³-hybridized carbons (Fsp3) is 0.0833. The minimum atomic E-state index is -0.501. The monoisotopic (exact) mass is 562 g/mol. The quantitative estimate of drug-likeness (QED) is 0.205. The number of hydrogen-bond acceptors (Lipinski definition) is 3. The third-order valence-corrected chi connectivity index (χ3v) is 6.08. The number of nitriles is 1. The summed E-state index contributed by atoms with van der Waals surface area (Å²) in [7, 11) is 1.59. The van der Waals surface area contributed by atoms with Gasteiger partial charge in [0, 0.05) is 31.3 Å². The highest BCUT2D eigenvalue weighted by molar-refractivity contribution is 14.1. The van der Waals surface area contributed by atoms with E-state index in [4.69, 9.17) is 27.9 Å². The first-order valence-corrected chi connectivity index (χ1v) is 11.0. The molecule has 7 heteroatoms. The van der Waals surface area contributed by atoms with Crippen LogP contribution in [-0.2, 0) is 11.2 Å². The zero-order valence-corrected chi connectivity index (χ0v) is 20.1. The fourth-order valence-corrected chi connectivity index (χ4v) is 4.09. The molecule has 0 radical (unpaired) electrons.